The van der Waals surface area contributed by atoms with E-state index in [4.69, 9.17) is 0 Å². The van der Waals surface area contributed by atoms with Crippen LogP contribution in [0.15, 0.2) is 36.5 Å². The molecule has 0 unspecified atom stereocenters. The van der Waals surface area contributed by atoms with E-state index in [0.29, 0.717) is 12.1 Å². The van der Waals surface area contributed by atoms with Gasteiger partial charge in [-0.1, -0.05) is 37.1 Å². The lowest BCUT2D eigenvalue weighted by Crippen LogP contribution is -2.25. The molecule has 4 rings (SSSR count). The summed E-state index contributed by atoms with van der Waals surface area (Å²) in [7, 11) is 0. The van der Waals surface area contributed by atoms with Crippen molar-refractivity contribution < 1.29 is 4.79 Å². The number of fused-ring (bicyclic) bond motifs is 1. The van der Waals surface area contributed by atoms with Crippen LogP contribution in [-0.2, 0) is 13.1 Å². The highest BCUT2D eigenvalue weighted by molar-refractivity contribution is 5.98. The maximum absolute atomic E-state index is 12.9. The summed E-state index contributed by atoms with van der Waals surface area (Å²) in [4.78, 5) is 20.1. The van der Waals surface area contributed by atoms with Gasteiger partial charge in [-0.05, 0) is 63.9 Å². The van der Waals surface area contributed by atoms with Crippen molar-refractivity contribution in [1.29, 1.82) is 0 Å². The van der Waals surface area contributed by atoms with E-state index >= 15 is 0 Å². The van der Waals surface area contributed by atoms with Crippen molar-refractivity contribution >= 4 is 16.9 Å². The summed E-state index contributed by atoms with van der Waals surface area (Å²) in [6, 6.07) is 10.7. The predicted molar refractivity (Wildman–Crippen MR) is 124 cm³/mol. The van der Waals surface area contributed by atoms with Crippen LogP contribution in [0.25, 0.3) is 11.0 Å². The molecule has 1 N–H and O–H groups in total. The maximum Gasteiger partial charge on any atom is 0.253 e. The van der Waals surface area contributed by atoms with Gasteiger partial charge in [0.25, 0.3) is 5.91 Å². The second-order valence-electron chi connectivity index (χ2n) is 8.91. The zero-order valence-corrected chi connectivity index (χ0v) is 18.9. The molecule has 1 aliphatic heterocycles. The molecule has 2 aromatic heterocycles. The van der Waals surface area contributed by atoms with Gasteiger partial charge in [0.2, 0.25) is 0 Å². The lowest BCUT2D eigenvalue weighted by atomic mass is 10.1. The van der Waals surface area contributed by atoms with Gasteiger partial charge in [0.1, 0.15) is 0 Å². The van der Waals surface area contributed by atoms with Crippen molar-refractivity contribution in [1.82, 2.24) is 25.0 Å². The molecule has 3 aromatic rings. The Bertz CT molecular complexity index is 1050. The molecular formula is C25H33N5O. The smallest absolute Gasteiger partial charge is 0.253 e. The Labute approximate surface area is 184 Å². The topological polar surface area (TPSA) is 63.1 Å². The number of nitrogens with zero attached hydrogens (tertiary/aromatic N) is 4. The van der Waals surface area contributed by atoms with Crippen LogP contribution in [0.3, 0.4) is 0 Å². The number of benzene rings is 1. The summed E-state index contributed by atoms with van der Waals surface area (Å²) in [5.74, 6) is -0.0953. The summed E-state index contributed by atoms with van der Waals surface area (Å²) in [6.07, 6.45) is 7.07. The molecule has 31 heavy (non-hydrogen) atoms. The largest absolute Gasteiger partial charge is 0.348 e. The molecule has 3 heterocycles. The van der Waals surface area contributed by atoms with Gasteiger partial charge in [0, 0.05) is 24.5 Å². The van der Waals surface area contributed by atoms with Gasteiger partial charge in [-0.3, -0.25) is 9.69 Å². The third kappa shape index (κ3) is 5.13. The number of carbonyl (C=O) groups excluding carboxylic acids is 1. The quantitative estimate of drug-likeness (QED) is 0.633. The molecule has 0 saturated carbocycles. The minimum Gasteiger partial charge on any atom is -0.348 e. The van der Waals surface area contributed by atoms with E-state index < -0.39 is 0 Å². The van der Waals surface area contributed by atoms with Crippen LogP contribution in [0.5, 0.6) is 0 Å². The number of nitrogens with one attached hydrogen (secondary N) is 1. The van der Waals surface area contributed by atoms with Crippen LogP contribution >= 0.6 is 0 Å². The zero-order valence-electron chi connectivity index (χ0n) is 18.9. The first-order chi connectivity index (χ1) is 15.0. The van der Waals surface area contributed by atoms with Crippen LogP contribution in [-0.4, -0.2) is 38.7 Å². The number of aryl methyl sites for hydroxylation is 1. The lowest BCUT2D eigenvalue weighted by molar-refractivity contribution is 0.0950. The second-order valence-corrected chi connectivity index (χ2v) is 8.91. The van der Waals surface area contributed by atoms with Crippen LogP contribution in [0.2, 0.25) is 0 Å². The predicted octanol–water partition coefficient (Wildman–Crippen LogP) is 4.63. The highest BCUT2D eigenvalue weighted by Gasteiger charge is 2.15. The summed E-state index contributed by atoms with van der Waals surface area (Å²) >= 11 is 0. The average Bonchev–Trinajstić information content (AvgIpc) is 2.99. The van der Waals surface area contributed by atoms with Gasteiger partial charge in [0.15, 0.2) is 5.65 Å². The van der Waals surface area contributed by atoms with Crippen molar-refractivity contribution in [2.24, 2.45) is 0 Å². The third-order valence-corrected chi connectivity index (χ3v) is 6.04. The summed E-state index contributed by atoms with van der Waals surface area (Å²) in [5.41, 5.74) is 4.60. The Morgan fingerprint density at radius 2 is 1.84 bits per heavy atom. The average molecular weight is 420 g/mol. The zero-order chi connectivity index (χ0) is 21.8. The fraction of sp³-hybridized carbons (Fsp3) is 0.480. The molecule has 0 radical (unpaired) electrons. The monoisotopic (exact) mass is 419 g/mol. The van der Waals surface area contributed by atoms with Crippen LogP contribution < -0.4 is 5.32 Å². The van der Waals surface area contributed by atoms with E-state index in [1.54, 1.807) is 6.20 Å². The molecule has 1 fully saturated rings. The highest BCUT2D eigenvalue weighted by Crippen LogP contribution is 2.19. The molecule has 164 valence electrons. The van der Waals surface area contributed by atoms with Crippen molar-refractivity contribution in [3.05, 3.63) is 58.9 Å². The first-order valence-electron chi connectivity index (χ1n) is 11.4. The summed E-state index contributed by atoms with van der Waals surface area (Å²) < 4.78 is 1.89. The first-order valence-corrected chi connectivity index (χ1v) is 11.4. The molecule has 1 amide bonds. The number of pyridine rings is 1. The fourth-order valence-electron chi connectivity index (χ4n) is 4.34. The van der Waals surface area contributed by atoms with E-state index in [1.165, 1.54) is 44.3 Å². The minimum absolute atomic E-state index is 0.0953. The minimum atomic E-state index is -0.0953. The van der Waals surface area contributed by atoms with E-state index in [2.05, 4.69) is 58.4 Å². The molecule has 1 saturated heterocycles. The third-order valence-electron chi connectivity index (χ3n) is 6.04. The van der Waals surface area contributed by atoms with Gasteiger partial charge < -0.3 is 5.32 Å². The van der Waals surface area contributed by atoms with E-state index in [0.717, 1.165) is 28.8 Å². The summed E-state index contributed by atoms with van der Waals surface area (Å²) in [5, 5.41) is 8.38. The number of likely N-dealkylation sites (tertiary alicyclic amines) is 1. The number of carbonyl (C=O) groups is 1. The van der Waals surface area contributed by atoms with Crippen molar-refractivity contribution in [3.63, 3.8) is 0 Å². The number of rotatable bonds is 6. The molecular weight excluding hydrogens is 386 g/mol. The highest BCUT2D eigenvalue weighted by atomic mass is 16.1. The van der Waals surface area contributed by atoms with Crippen molar-refractivity contribution in [2.45, 2.75) is 65.6 Å². The maximum atomic E-state index is 12.9. The molecule has 1 aliphatic rings. The van der Waals surface area contributed by atoms with Gasteiger partial charge in [0.05, 0.1) is 17.5 Å². The Morgan fingerprint density at radius 1 is 1.10 bits per heavy atom. The molecule has 6 heteroatoms. The van der Waals surface area contributed by atoms with E-state index in [-0.39, 0.29) is 11.9 Å². The molecule has 6 nitrogen and oxygen atoms in total. The number of hydrogen-bond acceptors (Lipinski definition) is 4. The fourth-order valence-corrected chi connectivity index (χ4v) is 4.34. The SMILES string of the molecule is Cc1nc2c(cnn2C(C)C)cc1C(=O)NCc1cccc(CN2CCCCCC2)c1. The normalized spacial score (nSPS) is 15.4. The van der Waals surface area contributed by atoms with E-state index in [9.17, 15) is 4.79 Å². The number of hydrogen-bond donors (Lipinski definition) is 1. The second kappa shape index (κ2) is 9.60. The first kappa shape index (κ1) is 21.5. The molecule has 0 aliphatic carbocycles. The number of aromatic nitrogens is 3. The Kier molecular flexibility index (Phi) is 6.66. The molecule has 1 aromatic carbocycles. The van der Waals surface area contributed by atoms with Crippen LogP contribution in [0.4, 0.5) is 0 Å². The summed E-state index contributed by atoms with van der Waals surface area (Å²) in [6.45, 7) is 9.90. The van der Waals surface area contributed by atoms with Gasteiger partial charge >= 0.3 is 0 Å². The molecule has 0 spiro atoms. The van der Waals surface area contributed by atoms with Gasteiger partial charge in [-0.2, -0.15) is 5.10 Å². The Balaban J connectivity index is 1.42. The lowest BCUT2D eigenvalue weighted by Gasteiger charge is -2.20. The van der Waals surface area contributed by atoms with Crippen LogP contribution in [0, 0.1) is 6.92 Å². The van der Waals surface area contributed by atoms with Crippen molar-refractivity contribution in [2.75, 3.05) is 13.1 Å². The van der Waals surface area contributed by atoms with E-state index in [1.807, 2.05) is 17.7 Å². The van der Waals surface area contributed by atoms with Crippen molar-refractivity contribution in [3.8, 4) is 0 Å². The number of amides is 1. The Morgan fingerprint density at radius 3 is 2.58 bits per heavy atom. The van der Waals surface area contributed by atoms with Gasteiger partial charge in [-0.25, -0.2) is 9.67 Å². The van der Waals surface area contributed by atoms with Crippen LogP contribution in [0.1, 0.15) is 72.8 Å². The van der Waals surface area contributed by atoms with Gasteiger partial charge in [-0.15, -0.1) is 0 Å². The standard InChI is InChI=1S/C25H33N5O/c1-18(2)30-24-22(16-27-30)14-23(19(3)28-24)25(31)26-15-20-9-8-10-21(13-20)17-29-11-6-4-5-7-12-29/h8-10,13-14,16,18H,4-7,11-12,15,17H2,1-3H3,(H,26,31). The molecule has 0 bridgehead atoms. The molecule has 0 atom stereocenters. The Hall–Kier alpha value is -2.73.